The molecule has 0 aliphatic heterocycles. The van der Waals surface area contributed by atoms with Gasteiger partial charge < -0.3 is 25.2 Å². The second kappa shape index (κ2) is 11.2. The molecule has 0 fully saturated rings. The smallest absolute Gasteiger partial charge is 0.233 e. The van der Waals surface area contributed by atoms with Crippen LogP contribution in [0.15, 0.2) is 0 Å². The summed E-state index contributed by atoms with van der Waals surface area (Å²) in [4.78, 5) is 11.4. The van der Waals surface area contributed by atoms with E-state index in [1.165, 1.54) is 0 Å². The number of amides is 1. The third kappa shape index (κ3) is 12.1. The zero-order chi connectivity index (χ0) is 14.7. The predicted octanol–water partition coefficient (Wildman–Crippen LogP) is -0.239. The molecule has 0 aromatic rings. The van der Waals surface area contributed by atoms with Crippen molar-refractivity contribution in [2.24, 2.45) is 5.92 Å². The molecule has 1 amide bonds. The van der Waals surface area contributed by atoms with E-state index < -0.39 is 6.10 Å². The van der Waals surface area contributed by atoms with Crippen molar-refractivity contribution < 1.29 is 19.4 Å². The van der Waals surface area contributed by atoms with Gasteiger partial charge in [-0.1, -0.05) is 13.8 Å². The molecule has 2 unspecified atom stereocenters. The Balaban J connectivity index is 3.52. The van der Waals surface area contributed by atoms with E-state index >= 15 is 0 Å². The Morgan fingerprint density at radius 2 is 1.89 bits per heavy atom. The van der Waals surface area contributed by atoms with E-state index in [4.69, 9.17) is 9.47 Å². The average molecular weight is 276 g/mol. The molecule has 0 aromatic carbocycles. The van der Waals surface area contributed by atoms with Crippen LogP contribution in [0.4, 0.5) is 0 Å². The first kappa shape index (κ1) is 18.3. The van der Waals surface area contributed by atoms with E-state index in [2.05, 4.69) is 10.6 Å². The van der Waals surface area contributed by atoms with Gasteiger partial charge in [-0.15, -0.1) is 0 Å². The zero-order valence-electron chi connectivity index (χ0n) is 12.4. The number of carbonyl (C=O) groups is 1. The molecule has 0 heterocycles. The summed E-state index contributed by atoms with van der Waals surface area (Å²) in [6.07, 6.45) is -0.675. The maximum atomic E-state index is 11.4. The van der Waals surface area contributed by atoms with Crippen LogP contribution >= 0.6 is 0 Å². The monoisotopic (exact) mass is 276 g/mol. The zero-order valence-corrected chi connectivity index (χ0v) is 12.4. The van der Waals surface area contributed by atoms with Gasteiger partial charge in [0, 0.05) is 20.2 Å². The van der Waals surface area contributed by atoms with Crippen molar-refractivity contribution in [3.8, 4) is 0 Å². The molecule has 0 aliphatic carbocycles. The molecular weight excluding hydrogens is 248 g/mol. The number of nitrogens with one attached hydrogen (secondary N) is 2. The molecule has 0 aromatic heterocycles. The van der Waals surface area contributed by atoms with Gasteiger partial charge in [0.15, 0.2) is 0 Å². The number of rotatable bonds is 11. The highest BCUT2D eigenvalue weighted by molar-refractivity contribution is 5.77. The van der Waals surface area contributed by atoms with Crippen LogP contribution in [0, 0.1) is 5.92 Å². The molecule has 19 heavy (non-hydrogen) atoms. The molecule has 0 rings (SSSR count). The minimum Gasteiger partial charge on any atom is -0.389 e. The Bertz CT molecular complexity index is 237. The van der Waals surface area contributed by atoms with Crippen molar-refractivity contribution in [1.29, 1.82) is 0 Å². The summed E-state index contributed by atoms with van der Waals surface area (Å²) < 4.78 is 10.3. The highest BCUT2D eigenvalue weighted by Gasteiger charge is 2.09. The van der Waals surface area contributed by atoms with E-state index in [9.17, 15) is 9.90 Å². The largest absolute Gasteiger partial charge is 0.389 e. The first-order chi connectivity index (χ1) is 8.95. The first-order valence-electron chi connectivity index (χ1n) is 6.71. The van der Waals surface area contributed by atoms with Gasteiger partial charge >= 0.3 is 0 Å². The van der Waals surface area contributed by atoms with Crippen LogP contribution < -0.4 is 10.6 Å². The molecule has 3 N–H and O–H groups in total. The summed E-state index contributed by atoms with van der Waals surface area (Å²) in [5.41, 5.74) is 0. The minimum absolute atomic E-state index is 0.0472. The second-order valence-electron chi connectivity index (χ2n) is 5.08. The van der Waals surface area contributed by atoms with Crippen molar-refractivity contribution in [2.45, 2.75) is 33.0 Å². The van der Waals surface area contributed by atoms with Crippen molar-refractivity contribution in [1.82, 2.24) is 10.6 Å². The summed E-state index contributed by atoms with van der Waals surface area (Å²) in [5, 5.41) is 15.3. The molecule has 6 nitrogen and oxygen atoms in total. The maximum Gasteiger partial charge on any atom is 0.233 e. The van der Waals surface area contributed by atoms with E-state index in [0.29, 0.717) is 25.6 Å². The van der Waals surface area contributed by atoms with Gasteiger partial charge in [0.05, 0.1) is 32.0 Å². The van der Waals surface area contributed by atoms with Crippen molar-refractivity contribution in [3.05, 3.63) is 0 Å². The number of aliphatic hydroxyl groups excluding tert-OH is 1. The molecular formula is C13H28N2O4. The number of hydrogen-bond acceptors (Lipinski definition) is 5. The van der Waals surface area contributed by atoms with Crippen LogP contribution in [0.3, 0.4) is 0 Å². The topological polar surface area (TPSA) is 79.8 Å². The van der Waals surface area contributed by atoms with Crippen LogP contribution in [0.25, 0.3) is 0 Å². The number of aliphatic hydroxyl groups is 1. The third-order valence-electron chi connectivity index (χ3n) is 2.35. The summed E-state index contributed by atoms with van der Waals surface area (Å²) in [6, 6.07) is 0. The predicted molar refractivity (Wildman–Crippen MR) is 74.0 cm³/mol. The summed E-state index contributed by atoms with van der Waals surface area (Å²) in [7, 11) is 1.60. The van der Waals surface area contributed by atoms with Crippen molar-refractivity contribution in [3.63, 3.8) is 0 Å². The Hall–Kier alpha value is -0.690. The van der Waals surface area contributed by atoms with Crippen molar-refractivity contribution >= 4 is 5.91 Å². The molecule has 0 spiro atoms. The quantitative estimate of drug-likeness (QED) is 0.485. The van der Waals surface area contributed by atoms with Gasteiger partial charge in [0.2, 0.25) is 5.91 Å². The first-order valence-corrected chi connectivity index (χ1v) is 6.71. The van der Waals surface area contributed by atoms with Gasteiger partial charge in [-0.2, -0.15) is 0 Å². The summed E-state index contributed by atoms with van der Waals surface area (Å²) in [5.74, 6) is 0.375. The number of methoxy groups -OCH3 is 1. The summed E-state index contributed by atoms with van der Waals surface area (Å²) >= 11 is 0. The molecule has 6 heteroatoms. The lowest BCUT2D eigenvalue weighted by Gasteiger charge is -2.16. The normalized spacial score (nSPS) is 14.4. The standard InChI is InChI=1S/C13H28N2O4/c1-10(2)5-15-13(17)7-14-6-12(16)9-19-11(3)8-18-4/h10-12,14,16H,5-9H2,1-4H3,(H,15,17). The molecule has 114 valence electrons. The fraction of sp³-hybridized carbons (Fsp3) is 0.923. The van der Waals surface area contributed by atoms with E-state index in [1.54, 1.807) is 7.11 Å². The van der Waals surface area contributed by atoms with Gasteiger partial charge in [-0.25, -0.2) is 0 Å². The van der Waals surface area contributed by atoms with E-state index in [0.717, 1.165) is 0 Å². The van der Waals surface area contributed by atoms with Gasteiger partial charge in [0.25, 0.3) is 0 Å². The molecule has 2 atom stereocenters. The fourth-order valence-corrected chi connectivity index (χ4v) is 1.35. The Morgan fingerprint density at radius 1 is 1.21 bits per heavy atom. The number of ether oxygens (including phenoxy) is 2. The lowest BCUT2D eigenvalue weighted by molar-refractivity contribution is -0.120. The maximum absolute atomic E-state index is 11.4. The van der Waals surface area contributed by atoms with Crippen LogP contribution in [0.5, 0.6) is 0 Å². The summed E-state index contributed by atoms with van der Waals surface area (Å²) in [6.45, 7) is 7.88. The Kier molecular flexibility index (Phi) is 10.8. The minimum atomic E-state index is -0.628. The van der Waals surface area contributed by atoms with Crippen molar-refractivity contribution in [2.75, 3.05) is 40.0 Å². The van der Waals surface area contributed by atoms with Crippen LogP contribution in [-0.4, -0.2) is 63.2 Å². The molecule has 0 radical (unpaired) electrons. The molecule has 0 bridgehead atoms. The molecule has 0 saturated heterocycles. The van der Waals surface area contributed by atoms with E-state index in [-0.39, 0.29) is 25.2 Å². The SMILES string of the molecule is COCC(C)OCC(O)CNCC(=O)NCC(C)C. The van der Waals surface area contributed by atoms with Gasteiger partial charge in [0.1, 0.15) is 0 Å². The Morgan fingerprint density at radius 3 is 2.47 bits per heavy atom. The number of carbonyl (C=O) groups excluding carboxylic acids is 1. The lowest BCUT2D eigenvalue weighted by Crippen LogP contribution is -2.39. The molecule has 0 aliphatic rings. The third-order valence-corrected chi connectivity index (χ3v) is 2.35. The highest BCUT2D eigenvalue weighted by Crippen LogP contribution is 1.93. The van der Waals surface area contributed by atoms with Gasteiger partial charge in [-0.3, -0.25) is 4.79 Å². The van der Waals surface area contributed by atoms with E-state index in [1.807, 2.05) is 20.8 Å². The lowest BCUT2D eigenvalue weighted by atomic mass is 10.2. The van der Waals surface area contributed by atoms with Gasteiger partial charge in [-0.05, 0) is 12.8 Å². The second-order valence-corrected chi connectivity index (χ2v) is 5.08. The fourth-order valence-electron chi connectivity index (χ4n) is 1.35. The molecule has 0 saturated carbocycles. The van der Waals surface area contributed by atoms with Crippen LogP contribution in [-0.2, 0) is 14.3 Å². The Labute approximate surface area is 115 Å². The average Bonchev–Trinajstić information content (AvgIpc) is 2.34. The highest BCUT2D eigenvalue weighted by atomic mass is 16.5. The van der Waals surface area contributed by atoms with Crippen LogP contribution in [0.1, 0.15) is 20.8 Å². The van der Waals surface area contributed by atoms with Crippen LogP contribution in [0.2, 0.25) is 0 Å². The number of hydrogen-bond donors (Lipinski definition) is 3.